The Kier molecular flexibility index (Phi) is 8.96. The van der Waals surface area contributed by atoms with Crippen LogP contribution in [0.2, 0.25) is 5.15 Å². The van der Waals surface area contributed by atoms with Crippen LogP contribution in [0.5, 0.6) is 0 Å². The molecule has 0 aliphatic carbocycles. The number of pyridine rings is 2. The zero-order chi connectivity index (χ0) is 21.2. The fourth-order valence-electron chi connectivity index (χ4n) is 1.70. The van der Waals surface area contributed by atoms with Gasteiger partial charge in [0, 0.05) is 35.4 Å². The lowest BCUT2D eigenvalue weighted by molar-refractivity contribution is 0.655. The van der Waals surface area contributed by atoms with Crippen LogP contribution in [0.4, 0.5) is 17.5 Å². The lowest BCUT2D eigenvalue weighted by Gasteiger charge is -1.99. The van der Waals surface area contributed by atoms with Crippen LogP contribution in [0, 0.1) is 0 Å². The van der Waals surface area contributed by atoms with Crippen LogP contribution >= 0.6 is 43.5 Å². The number of rotatable bonds is 2. The maximum absolute atomic E-state index is 5.48. The Hall–Kier alpha value is -2.57. The van der Waals surface area contributed by atoms with Gasteiger partial charge < -0.3 is 11.1 Å². The number of nitrogens with one attached hydrogen (secondary N) is 1. The Morgan fingerprint density at radius 3 is 1.83 bits per heavy atom. The van der Waals surface area contributed by atoms with E-state index in [0.29, 0.717) is 16.8 Å². The second-order valence-electron chi connectivity index (χ2n) is 5.26. The van der Waals surface area contributed by atoms with Gasteiger partial charge in [0.05, 0.1) is 12.4 Å². The highest BCUT2D eigenvalue weighted by Crippen LogP contribution is 2.13. The first kappa shape index (κ1) is 22.7. The van der Waals surface area contributed by atoms with E-state index in [1.807, 2.05) is 18.2 Å². The molecule has 0 unspecified atom stereocenters. The highest BCUT2D eigenvalue weighted by atomic mass is 79.9. The second kappa shape index (κ2) is 11.4. The second-order valence-corrected chi connectivity index (χ2v) is 7.48. The van der Waals surface area contributed by atoms with Crippen molar-refractivity contribution in [3.63, 3.8) is 0 Å². The number of nitrogens with zero attached hydrogens (tertiary/aromatic N) is 8. The summed E-state index contributed by atoms with van der Waals surface area (Å²) in [7, 11) is 3.48. The molecule has 0 saturated carbocycles. The Morgan fingerprint density at radius 2 is 1.45 bits per heavy atom. The van der Waals surface area contributed by atoms with Gasteiger partial charge in [0.25, 0.3) is 0 Å². The topological polar surface area (TPSA) is 125 Å². The van der Waals surface area contributed by atoms with E-state index in [2.05, 4.69) is 67.5 Å². The molecule has 152 valence electrons. The molecule has 0 radical (unpaired) electrons. The molecule has 4 aromatic heterocycles. The van der Waals surface area contributed by atoms with Crippen LogP contribution in [0.25, 0.3) is 0 Å². The molecular formula is C16H17Br2ClN10. The van der Waals surface area contributed by atoms with Gasteiger partial charge in [-0.1, -0.05) is 11.6 Å². The quantitative estimate of drug-likeness (QED) is 0.367. The minimum atomic E-state index is 0.461. The third-order valence-corrected chi connectivity index (χ3v) is 4.05. The average Bonchev–Trinajstić information content (AvgIpc) is 3.27. The van der Waals surface area contributed by atoms with Crippen molar-refractivity contribution in [3.8, 4) is 0 Å². The summed E-state index contributed by atoms with van der Waals surface area (Å²) in [6.45, 7) is 0. The molecule has 13 heteroatoms. The van der Waals surface area contributed by atoms with Crippen LogP contribution in [0.1, 0.15) is 0 Å². The largest absolute Gasteiger partial charge is 0.381 e. The molecule has 0 spiro atoms. The molecule has 0 bridgehead atoms. The summed E-state index contributed by atoms with van der Waals surface area (Å²) in [5.74, 6) is 1.89. The lowest BCUT2D eigenvalue weighted by Crippen LogP contribution is -1.96. The minimum Gasteiger partial charge on any atom is -0.381 e. The smallest absolute Gasteiger partial charge is 0.174 e. The third kappa shape index (κ3) is 8.98. The Morgan fingerprint density at radius 1 is 0.828 bits per heavy atom. The maximum Gasteiger partial charge on any atom is 0.174 e. The summed E-state index contributed by atoms with van der Waals surface area (Å²) in [6.07, 6.45) is 6.52. The highest BCUT2D eigenvalue weighted by Gasteiger charge is 1.98. The number of anilines is 3. The van der Waals surface area contributed by atoms with Gasteiger partial charge in [-0.15, -0.1) is 10.2 Å². The van der Waals surface area contributed by atoms with Crippen molar-refractivity contribution in [1.82, 2.24) is 40.0 Å². The highest BCUT2D eigenvalue weighted by molar-refractivity contribution is 9.10. The van der Waals surface area contributed by atoms with Crippen LogP contribution in [0.3, 0.4) is 0 Å². The first-order valence-electron chi connectivity index (χ1n) is 7.95. The molecular weight excluding hydrogens is 528 g/mol. The molecule has 3 N–H and O–H groups in total. The minimum absolute atomic E-state index is 0.461. The SMILES string of the molecule is Clc1ccc(Br)cn1.Cn1ncc(N)n1.Cn1ncc(Nc2ccc(Br)cn2)n1. The van der Waals surface area contributed by atoms with Crippen molar-refractivity contribution in [2.24, 2.45) is 14.1 Å². The molecule has 29 heavy (non-hydrogen) atoms. The van der Waals surface area contributed by atoms with Gasteiger partial charge in [0.15, 0.2) is 11.6 Å². The number of halogens is 3. The summed E-state index contributed by atoms with van der Waals surface area (Å²) in [4.78, 5) is 10.8. The van der Waals surface area contributed by atoms with Gasteiger partial charge in [0.2, 0.25) is 0 Å². The molecule has 0 amide bonds. The molecule has 4 rings (SSSR count). The van der Waals surface area contributed by atoms with E-state index < -0.39 is 0 Å². The summed E-state index contributed by atoms with van der Waals surface area (Å²) < 4.78 is 1.89. The van der Waals surface area contributed by atoms with E-state index in [-0.39, 0.29) is 0 Å². The van der Waals surface area contributed by atoms with E-state index in [4.69, 9.17) is 17.3 Å². The van der Waals surface area contributed by atoms with Crippen LogP contribution in [-0.4, -0.2) is 40.0 Å². The monoisotopic (exact) mass is 542 g/mol. The van der Waals surface area contributed by atoms with Crippen LogP contribution < -0.4 is 11.1 Å². The number of aromatic nitrogens is 8. The Balaban J connectivity index is 0.000000170. The third-order valence-electron chi connectivity index (χ3n) is 2.89. The van der Waals surface area contributed by atoms with E-state index in [9.17, 15) is 0 Å². The van der Waals surface area contributed by atoms with Gasteiger partial charge in [-0.05, 0) is 56.1 Å². The Bertz CT molecular complexity index is 964. The summed E-state index contributed by atoms with van der Waals surface area (Å²) in [5, 5.41) is 18.9. The van der Waals surface area contributed by atoms with Crippen molar-refractivity contribution in [1.29, 1.82) is 0 Å². The first-order valence-corrected chi connectivity index (χ1v) is 9.92. The number of nitrogens with two attached hydrogens (primary N) is 1. The lowest BCUT2D eigenvalue weighted by atomic mass is 10.4. The first-order chi connectivity index (χ1) is 13.8. The fraction of sp³-hybridized carbons (Fsp3) is 0.125. The predicted molar refractivity (Wildman–Crippen MR) is 119 cm³/mol. The molecule has 0 atom stereocenters. The zero-order valence-corrected chi connectivity index (χ0v) is 19.3. The van der Waals surface area contributed by atoms with E-state index >= 15 is 0 Å². The molecule has 4 aromatic rings. The standard InChI is InChI=1S/C8H8BrN5.C5H3BrClN.C3H6N4/c1-14-11-5-8(13-14)12-7-3-2-6(9)4-10-7;6-4-1-2-5(7)8-3-4;1-7-5-2-3(4)6-7/h2-5H,1H3,(H,10,12,13);1-3H;2H,1H3,(H2,4,6). The molecule has 0 fully saturated rings. The van der Waals surface area contributed by atoms with Gasteiger partial charge in [-0.2, -0.15) is 19.8 Å². The van der Waals surface area contributed by atoms with Gasteiger partial charge in [-0.25, -0.2) is 9.97 Å². The Labute approximate surface area is 188 Å². The van der Waals surface area contributed by atoms with Crippen LogP contribution in [0.15, 0.2) is 58.0 Å². The van der Waals surface area contributed by atoms with Crippen molar-refractivity contribution < 1.29 is 0 Å². The van der Waals surface area contributed by atoms with Crippen molar-refractivity contribution >= 4 is 60.9 Å². The van der Waals surface area contributed by atoms with Crippen molar-refractivity contribution in [2.45, 2.75) is 0 Å². The molecule has 0 aliphatic heterocycles. The van der Waals surface area contributed by atoms with Gasteiger partial charge >= 0.3 is 0 Å². The molecule has 4 heterocycles. The molecule has 10 nitrogen and oxygen atoms in total. The maximum atomic E-state index is 5.48. The summed E-state index contributed by atoms with van der Waals surface area (Å²) in [6, 6.07) is 7.34. The van der Waals surface area contributed by atoms with Crippen molar-refractivity contribution in [3.05, 3.63) is 63.2 Å². The average molecular weight is 545 g/mol. The van der Waals surface area contributed by atoms with E-state index in [0.717, 1.165) is 14.8 Å². The number of aryl methyl sites for hydroxylation is 2. The number of nitrogen functional groups attached to an aromatic ring is 1. The zero-order valence-electron chi connectivity index (χ0n) is 15.4. The van der Waals surface area contributed by atoms with Crippen molar-refractivity contribution in [2.75, 3.05) is 11.1 Å². The fourth-order valence-corrected chi connectivity index (χ4v) is 2.28. The molecule has 0 aromatic carbocycles. The number of hydrogen-bond donors (Lipinski definition) is 2. The van der Waals surface area contributed by atoms with Gasteiger partial charge in [-0.3, -0.25) is 0 Å². The molecule has 0 aliphatic rings. The van der Waals surface area contributed by atoms with Gasteiger partial charge in [0.1, 0.15) is 11.0 Å². The van der Waals surface area contributed by atoms with E-state index in [1.165, 1.54) is 15.8 Å². The molecule has 0 saturated heterocycles. The summed E-state index contributed by atoms with van der Waals surface area (Å²) in [5.41, 5.74) is 5.18. The predicted octanol–water partition coefficient (Wildman–Crippen LogP) is 3.61. The number of hydrogen-bond acceptors (Lipinski definition) is 8. The van der Waals surface area contributed by atoms with Crippen LogP contribution in [-0.2, 0) is 14.1 Å². The van der Waals surface area contributed by atoms with E-state index in [1.54, 1.807) is 38.8 Å². The summed E-state index contributed by atoms with van der Waals surface area (Å²) >= 11 is 12.0. The normalized spacial score (nSPS) is 9.69.